The summed E-state index contributed by atoms with van der Waals surface area (Å²) in [6, 6.07) is 15.3. The Labute approximate surface area is 121 Å². The highest BCUT2D eigenvalue weighted by molar-refractivity contribution is 9.10. The minimum absolute atomic E-state index is 0.427. The number of halogens is 1. The molecule has 2 aromatic rings. The lowest BCUT2D eigenvalue weighted by atomic mass is 10.1. The van der Waals surface area contributed by atoms with Gasteiger partial charge in [-0.15, -0.1) is 0 Å². The lowest BCUT2D eigenvalue weighted by molar-refractivity contribution is 0.191. The van der Waals surface area contributed by atoms with Gasteiger partial charge in [-0.05, 0) is 29.8 Å². The Kier molecular flexibility index (Phi) is 4.82. The number of aliphatic hydroxyl groups excluding tert-OH is 1. The smallest absolute Gasteiger partial charge is 0.141 e. The van der Waals surface area contributed by atoms with Crippen LogP contribution < -0.4 is 10.1 Å². The fraction of sp³-hybridized carbons (Fsp3) is 0.200. The second-order valence-electron chi connectivity index (χ2n) is 4.15. The summed E-state index contributed by atoms with van der Waals surface area (Å²) in [5, 5.41) is 13.3. The third-order valence-electron chi connectivity index (χ3n) is 2.83. The predicted octanol–water partition coefficient (Wildman–Crippen LogP) is 3.60. The average molecular weight is 322 g/mol. The molecule has 0 bridgehead atoms. The molecule has 0 aliphatic carbocycles. The molecule has 0 saturated heterocycles. The zero-order valence-corrected chi connectivity index (χ0v) is 12.2. The number of para-hydroxylation sites is 2. The van der Waals surface area contributed by atoms with Crippen molar-refractivity contribution >= 4 is 21.6 Å². The Morgan fingerprint density at radius 1 is 1.21 bits per heavy atom. The first-order valence-electron chi connectivity index (χ1n) is 6.01. The van der Waals surface area contributed by atoms with Crippen molar-refractivity contribution in [3.63, 3.8) is 0 Å². The third-order valence-corrected chi connectivity index (χ3v) is 3.32. The van der Waals surface area contributed by atoms with Crippen LogP contribution in [0.2, 0.25) is 0 Å². The van der Waals surface area contributed by atoms with E-state index in [-0.39, 0.29) is 0 Å². The number of anilines is 1. The Balaban J connectivity index is 2.02. The summed E-state index contributed by atoms with van der Waals surface area (Å²) in [7, 11) is 1.63. The molecule has 0 aliphatic heterocycles. The summed E-state index contributed by atoms with van der Waals surface area (Å²) in [5.41, 5.74) is 1.75. The van der Waals surface area contributed by atoms with Crippen LogP contribution in [0.1, 0.15) is 11.7 Å². The molecule has 3 nitrogen and oxygen atoms in total. The van der Waals surface area contributed by atoms with Crippen molar-refractivity contribution in [1.82, 2.24) is 0 Å². The van der Waals surface area contributed by atoms with Crippen molar-refractivity contribution in [2.45, 2.75) is 6.10 Å². The second-order valence-corrected chi connectivity index (χ2v) is 5.07. The van der Waals surface area contributed by atoms with Crippen LogP contribution in [0, 0.1) is 0 Å². The SMILES string of the molecule is COc1ccccc1NCC(O)c1cccc(Br)c1. The Morgan fingerprint density at radius 2 is 2.00 bits per heavy atom. The van der Waals surface area contributed by atoms with Gasteiger partial charge in [-0.1, -0.05) is 40.2 Å². The minimum atomic E-state index is -0.567. The fourth-order valence-corrected chi connectivity index (χ4v) is 2.25. The second kappa shape index (κ2) is 6.59. The first-order valence-corrected chi connectivity index (χ1v) is 6.80. The number of rotatable bonds is 5. The molecule has 0 radical (unpaired) electrons. The number of hydrogen-bond acceptors (Lipinski definition) is 3. The summed E-state index contributed by atoms with van der Waals surface area (Å²) in [6.45, 7) is 0.427. The van der Waals surface area contributed by atoms with E-state index in [0.717, 1.165) is 21.5 Å². The van der Waals surface area contributed by atoms with Crippen molar-refractivity contribution < 1.29 is 9.84 Å². The van der Waals surface area contributed by atoms with Crippen LogP contribution in [-0.2, 0) is 0 Å². The van der Waals surface area contributed by atoms with E-state index >= 15 is 0 Å². The normalized spacial score (nSPS) is 11.9. The quantitative estimate of drug-likeness (QED) is 0.884. The third kappa shape index (κ3) is 3.72. The van der Waals surface area contributed by atoms with Crippen molar-refractivity contribution in [1.29, 1.82) is 0 Å². The van der Waals surface area contributed by atoms with Gasteiger partial charge in [-0.3, -0.25) is 0 Å². The predicted molar refractivity (Wildman–Crippen MR) is 80.6 cm³/mol. The molecule has 19 heavy (non-hydrogen) atoms. The lowest BCUT2D eigenvalue weighted by Crippen LogP contribution is -2.12. The Hall–Kier alpha value is -1.52. The summed E-state index contributed by atoms with van der Waals surface area (Å²) in [4.78, 5) is 0. The van der Waals surface area contributed by atoms with Gasteiger partial charge in [-0.2, -0.15) is 0 Å². The zero-order valence-electron chi connectivity index (χ0n) is 10.6. The van der Waals surface area contributed by atoms with Crippen molar-refractivity contribution in [3.8, 4) is 5.75 Å². The molecule has 100 valence electrons. The summed E-state index contributed by atoms with van der Waals surface area (Å²) < 4.78 is 6.21. The highest BCUT2D eigenvalue weighted by Crippen LogP contribution is 2.24. The van der Waals surface area contributed by atoms with Crippen molar-refractivity contribution in [2.24, 2.45) is 0 Å². The van der Waals surface area contributed by atoms with E-state index in [1.807, 2.05) is 48.5 Å². The maximum absolute atomic E-state index is 10.1. The highest BCUT2D eigenvalue weighted by Gasteiger charge is 2.09. The van der Waals surface area contributed by atoms with Gasteiger partial charge in [-0.25, -0.2) is 0 Å². The summed E-state index contributed by atoms with van der Waals surface area (Å²) in [6.07, 6.45) is -0.567. The molecule has 0 heterocycles. The van der Waals surface area contributed by atoms with Gasteiger partial charge in [0.15, 0.2) is 0 Å². The van der Waals surface area contributed by atoms with Crippen LogP contribution in [0.3, 0.4) is 0 Å². The van der Waals surface area contributed by atoms with Crippen LogP contribution in [-0.4, -0.2) is 18.8 Å². The summed E-state index contributed by atoms with van der Waals surface area (Å²) in [5.74, 6) is 0.768. The zero-order chi connectivity index (χ0) is 13.7. The fourth-order valence-electron chi connectivity index (χ4n) is 1.83. The molecule has 2 N–H and O–H groups in total. The summed E-state index contributed by atoms with van der Waals surface area (Å²) >= 11 is 3.40. The lowest BCUT2D eigenvalue weighted by Gasteiger charge is -2.15. The highest BCUT2D eigenvalue weighted by atomic mass is 79.9. The van der Waals surface area contributed by atoms with Gasteiger partial charge >= 0.3 is 0 Å². The van der Waals surface area contributed by atoms with E-state index in [2.05, 4.69) is 21.2 Å². The van der Waals surface area contributed by atoms with Crippen LogP contribution in [0.4, 0.5) is 5.69 Å². The monoisotopic (exact) mass is 321 g/mol. The molecule has 0 spiro atoms. The molecule has 1 atom stereocenters. The Morgan fingerprint density at radius 3 is 2.74 bits per heavy atom. The largest absolute Gasteiger partial charge is 0.495 e. The molecule has 0 aliphatic rings. The van der Waals surface area contributed by atoms with Gasteiger partial charge in [0.25, 0.3) is 0 Å². The number of ether oxygens (including phenoxy) is 1. The number of aliphatic hydroxyl groups is 1. The molecule has 0 fully saturated rings. The molecule has 0 amide bonds. The Bertz CT molecular complexity index is 545. The maximum Gasteiger partial charge on any atom is 0.141 e. The first kappa shape index (κ1) is 13.9. The van der Waals surface area contributed by atoms with E-state index in [9.17, 15) is 5.11 Å². The molecule has 0 saturated carbocycles. The molecule has 2 aromatic carbocycles. The van der Waals surface area contributed by atoms with Gasteiger partial charge < -0.3 is 15.2 Å². The van der Waals surface area contributed by atoms with Crippen molar-refractivity contribution in [2.75, 3.05) is 19.0 Å². The molecule has 2 rings (SSSR count). The van der Waals surface area contributed by atoms with E-state index in [1.54, 1.807) is 7.11 Å². The van der Waals surface area contributed by atoms with E-state index in [4.69, 9.17) is 4.74 Å². The number of nitrogens with one attached hydrogen (secondary N) is 1. The molecular weight excluding hydrogens is 306 g/mol. The van der Waals surface area contributed by atoms with E-state index in [0.29, 0.717) is 6.54 Å². The first-order chi connectivity index (χ1) is 9.20. The van der Waals surface area contributed by atoms with Gasteiger partial charge in [0, 0.05) is 11.0 Å². The van der Waals surface area contributed by atoms with Crippen molar-refractivity contribution in [3.05, 3.63) is 58.6 Å². The maximum atomic E-state index is 10.1. The van der Waals surface area contributed by atoms with Gasteiger partial charge in [0.05, 0.1) is 18.9 Å². The number of benzene rings is 2. The van der Waals surface area contributed by atoms with Crippen LogP contribution in [0.25, 0.3) is 0 Å². The van der Waals surface area contributed by atoms with Crippen LogP contribution >= 0.6 is 15.9 Å². The topological polar surface area (TPSA) is 41.5 Å². The molecule has 4 heteroatoms. The molecule has 1 unspecified atom stereocenters. The van der Waals surface area contributed by atoms with Crippen LogP contribution in [0.5, 0.6) is 5.75 Å². The standard InChI is InChI=1S/C15H16BrNO2/c1-19-15-8-3-2-7-13(15)17-10-14(18)11-5-4-6-12(16)9-11/h2-9,14,17-18H,10H2,1H3. The van der Waals surface area contributed by atoms with Gasteiger partial charge in [0.2, 0.25) is 0 Å². The number of hydrogen-bond donors (Lipinski definition) is 2. The van der Waals surface area contributed by atoms with E-state index < -0.39 is 6.10 Å². The van der Waals surface area contributed by atoms with Gasteiger partial charge in [0.1, 0.15) is 5.75 Å². The van der Waals surface area contributed by atoms with E-state index in [1.165, 1.54) is 0 Å². The molecule has 0 aromatic heterocycles. The minimum Gasteiger partial charge on any atom is -0.495 e. The molecular formula is C15H16BrNO2. The average Bonchev–Trinajstić information content (AvgIpc) is 2.45. The van der Waals surface area contributed by atoms with Crippen LogP contribution in [0.15, 0.2) is 53.0 Å². The number of methoxy groups -OCH3 is 1.